The Hall–Kier alpha value is -1.78. The van der Waals surface area contributed by atoms with E-state index in [0.717, 1.165) is 38.3 Å². The van der Waals surface area contributed by atoms with E-state index in [4.69, 9.17) is 0 Å². The van der Waals surface area contributed by atoms with Crippen molar-refractivity contribution in [3.8, 4) is 0 Å². The van der Waals surface area contributed by atoms with Crippen LogP contribution in [0.5, 0.6) is 0 Å². The molecule has 2 aromatic rings. The topological polar surface area (TPSA) is 74.2 Å². The Bertz CT molecular complexity index is 674. The molecule has 3 heterocycles. The van der Waals surface area contributed by atoms with E-state index in [0.29, 0.717) is 12.2 Å². The summed E-state index contributed by atoms with van der Waals surface area (Å²) in [5, 5.41) is 15.0. The molecule has 0 spiro atoms. The molecule has 1 unspecified atom stereocenters. The van der Waals surface area contributed by atoms with Gasteiger partial charge in [-0.3, -0.25) is 0 Å². The maximum absolute atomic E-state index is 12.7. The summed E-state index contributed by atoms with van der Waals surface area (Å²) in [6.45, 7) is 1.99. The average molecular weight is 373 g/mol. The molecule has 25 heavy (non-hydrogen) atoms. The molecule has 136 valence electrons. The third-order valence-corrected chi connectivity index (χ3v) is 4.73. The zero-order valence-electron chi connectivity index (χ0n) is 13.3. The highest BCUT2D eigenvalue weighted by atomic mass is 32.1. The number of halogens is 3. The van der Waals surface area contributed by atoms with Gasteiger partial charge in [0.15, 0.2) is 0 Å². The van der Waals surface area contributed by atoms with Gasteiger partial charge in [0, 0.05) is 37.1 Å². The van der Waals surface area contributed by atoms with Crippen molar-refractivity contribution in [3.05, 3.63) is 34.7 Å². The zero-order chi connectivity index (χ0) is 17.9. The normalized spacial score (nSPS) is 18.2. The quantitative estimate of drug-likeness (QED) is 0.839. The van der Waals surface area contributed by atoms with Crippen molar-refractivity contribution in [1.82, 2.24) is 19.9 Å². The fourth-order valence-corrected chi connectivity index (χ4v) is 3.39. The van der Waals surface area contributed by atoms with Gasteiger partial charge in [-0.05, 0) is 12.8 Å². The lowest BCUT2D eigenvalue weighted by Crippen LogP contribution is -2.41. The first-order valence-corrected chi connectivity index (χ1v) is 8.80. The van der Waals surface area contributed by atoms with Crippen molar-refractivity contribution in [2.45, 2.75) is 31.2 Å². The summed E-state index contributed by atoms with van der Waals surface area (Å²) in [4.78, 5) is 13.4. The first-order chi connectivity index (χ1) is 11.9. The summed E-state index contributed by atoms with van der Waals surface area (Å²) >= 11 is 1.44. The van der Waals surface area contributed by atoms with Crippen molar-refractivity contribution >= 4 is 17.2 Å². The Morgan fingerprint density at radius 3 is 2.68 bits per heavy atom. The predicted molar refractivity (Wildman–Crippen MR) is 87.2 cm³/mol. The summed E-state index contributed by atoms with van der Waals surface area (Å²) in [5.41, 5.74) is 1.41. The number of β-amino-alcohol motifs (C(OH)–C–C–N with tert-alkyl or cyclic N) is 1. The van der Waals surface area contributed by atoms with E-state index < -0.39 is 18.0 Å². The van der Waals surface area contributed by atoms with E-state index >= 15 is 0 Å². The first-order valence-electron chi connectivity index (χ1n) is 7.86. The molecule has 1 aliphatic heterocycles. The fourth-order valence-electron chi connectivity index (χ4n) is 2.78. The lowest BCUT2D eigenvalue weighted by molar-refractivity contribution is -0.141. The Balaban J connectivity index is 1.50. The number of piperidine rings is 1. The molecular formula is C15H18F3N5OS. The third-order valence-electron chi connectivity index (χ3n) is 4.12. The number of anilines is 1. The van der Waals surface area contributed by atoms with Crippen LogP contribution in [-0.2, 0) is 6.18 Å². The number of nitrogens with one attached hydrogen (secondary N) is 1. The van der Waals surface area contributed by atoms with Gasteiger partial charge < -0.3 is 15.3 Å². The molecule has 1 aliphatic rings. The van der Waals surface area contributed by atoms with E-state index in [-0.39, 0.29) is 11.9 Å². The van der Waals surface area contributed by atoms with Gasteiger partial charge >= 0.3 is 6.18 Å². The molecular weight excluding hydrogens is 355 g/mol. The van der Waals surface area contributed by atoms with Crippen molar-refractivity contribution in [2.24, 2.45) is 0 Å². The molecule has 0 aromatic carbocycles. The van der Waals surface area contributed by atoms with Crippen LogP contribution < -0.4 is 5.32 Å². The second kappa shape index (κ2) is 7.63. The highest BCUT2D eigenvalue weighted by molar-refractivity contribution is 7.07. The smallest absolute Gasteiger partial charge is 0.385 e. The summed E-state index contributed by atoms with van der Waals surface area (Å²) in [6, 6.07) is 0.974. The van der Waals surface area contributed by atoms with E-state index in [2.05, 4.69) is 25.2 Å². The van der Waals surface area contributed by atoms with Gasteiger partial charge in [-0.15, -0.1) is 11.3 Å². The Morgan fingerprint density at radius 1 is 1.28 bits per heavy atom. The van der Waals surface area contributed by atoms with Crippen LogP contribution >= 0.6 is 11.3 Å². The second-order valence-corrected chi connectivity index (χ2v) is 6.65. The number of aliphatic hydroxyl groups is 1. The number of hydrogen-bond donors (Lipinski definition) is 2. The van der Waals surface area contributed by atoms with Gasteiger partial charge in [0.25, 0.3) is 0 Å². The molecule has 1 atom stereocenters. The predicted octanol–water partition coefficient (Wildman–Crippen LogP) is 2.56. The van der Waals surface area contributed by atoms with Crippen molar-refractivity contribution in [3.63, 3.8) is 0 Å². The second-order valence-electron chi connectivity index (χ2n) is 5.93. The summed E-state index contributed by atoms with van der Waals surface area (Å²) in [5.74, 6) is 0.184. The molecule has 0 radical (unpaired) electrons. The minimum atomic E-state index is -4.48. The minimum absolute atomic E-state index is 0.0450. The molecule has 1 saturated heterocycles. The minimum Gasteiger partial charge on any atom is -0.385 e. The van der Waals surface area contributed by atoms with Crippen LogP contribution in [0.4, 0.5) is 19.0 Å². The number of thiazole rings is 1. The molecule has 2 aromatic heterocycles. The maximum atomic E-state index is 12.7. The summed E-state index contributed by atoms with van der Waals surface area (Å²) in [6.07, 6.45) is -2.66. The number of aromatic nitrogens is 3. The number of hydrogen-bond acceptors (Lipinski definition) is 7. The number of nitrogens with zero attached hydrogens (tertiary/aromatic N) is 4. The number of likely N-dealkylation sites (tertiary alicyclic amines) is 1. The van der Waals surface area contributed by atoms with E-state index in [1.54, 1.807) is 5.51 Å². The molecule has 0 saturated carbocycles. The SMILES string of the molecule is OC(CN1CCC(Nc2cc(C(F)(F)F)ncn2)CC1)c1cscn1. The van der Waals surface area contributed by atoms with Gasteiger partial charge in [-0.1, -0.05) is 0 Å². The largest absolute Gasteiger partial charge is 0.433 e. The molecule has 2 N–H and O–H groups in total. The van der Waals surface area contributed by atoms with Crippen molar-refractivity contribution in [1.29, 1.82) is 0 Å². The van der Waals surface area contributed by atoms with Gasteiger partial charge in [-0.2, -0.15) is 13.2 Å². The van der Waals surface area contributed by atoms with Crippen molar-refractivity contribution in [2.75, 3.05) is 25.0 Å². The first kappa shape index (κ1) is 18.0. The number of rotatable bonds is 5. The lowest BCUT2D eigenvalue weighted by Gasteiger charge is -2.33. The maximum Gasteiger partial charge on any atom is 0.433 e. The number of aliphatic hydroxyl groups excluding tert-OH is 1. The van der Waals surface area contributed by atoms with Crippen LogP contribution in [0, 0.1) is 0 Å². The summed E-state index contributed by atoms with van der Waals surface area (Å²) < 4.78 is 38.0. The van der Waals surface area contributed by atoms with Gasteiger partial charge in [0.1, 0.15) is 23.9 Å². The van der Waals surface area contributed by atoms with Crippen LogP contribution in [0.3, 0.4) is 0 Å². The van der Waals surface area contributed by atoms with Gasteiger partial charge in [-0.25, -0.2) is 15.0 Å². The highest BCUT2D eigenvalue weighted by Gasteiger charge is 2.33. The van der Waals surface area contributed by atoms with Crippen LogP contribution in [0.15, 0.2) is 23.3 Å². The average Bonchev–Trinajstić information content (AvgIpc) is 3.11. The summed E-state index contributed by atoms with van der Waals surface area (Å²) in [7, 11) is 0. The highest BCUT2D eigenvalue weighted by Crippen LogP contribution is 2.28. The molecule has 6 nitrogen and oxygen atoms in total. The lowest BCUT2D eigenvalue weighted by atomic mass is 10.0. The third kappa shape index (κ3) is 4.86. The van der Waals surface area contributed by atoms with E-state index in [1.807, 2.05) is 5.38 Å². The molecule has 0 bridgehead atoms. The van der Waals surface area contributed by atoms with Crippen LogP contribution in [0.25, 0.3) is 0 Å². The monoisotopic (exact) mass is 373 g/mol. The van der Waals surface area contributed by atoms with Gasteiger partial charge in [0.05, 0.1) is 11.2 Å². The van der Waals surface area contributed by atoms with E-state index in [1.165, 1.54) is 11.3 Å². The van der Waals surface area contributed by atoms with Crippen LogP contribution in [0.2, 0.25) is 0 Å². The van der Waals surface area contributed by atoms with Gasteiger partial charge in [0.2, 0.25) is 0 Å². The Labute approximate surface area is 146 Å². The van der Waals surface area contributed by atoms with Crippen LogP contribution in [0.1, 0.15) is 30.3 Å². The Morgan fingerprint density at radius 2 is 2.04 bits per heavy atom. The molecule has 1 fully saturated rings. The standard InChI is InChI=1S/C15H18F3N5OS/c16-15(17,18)13-5-14(20-8-19-13)22-10-1-3-23(4-2-10)6-12(24)11-7-25-9-21-11/h5,7-10,12,24H,1-4,6H2,(H,19,20,22). The van der Waals surface area contributed by atoms with Crippen LogP contribution in [-0.4, -0.2) is 50.6 Å². The molecule has 0 amide bonds. The Kier molecular flexibility index (Phi) is 5.50. The zero-order valence-corrected chi connectivity index (χ0v) is 14.1. The molecule has 10 heteroatoms. The molecule has 3 rings (SSSR count). The number of alkyl halides is 3. The van der Waals surface area contributed by atoms with Crippen molar-refractivity contribution < 1.29 is 18.3 Å². The van der Waals surface area contributed by atoms with E-state index in [9.17, 15) is 18.3 Å². The molecule has 0 aliphatic carbocycles. The fraction of sp³-hybridized carbons (Fsp3) is 0.533.